The molecule has 0 unspecified atom stereocenters. The summed E-state index contributed by atoms with van der Waals surface area (Å²) in [4.78, 5) is 26.4. The highest BCUT2D eigenvalue weighted by molar-refractivity contribution is 14.1. The minimum absolute atomic E-state index is 0.0891. The Morgan fingerprint density at radius 1 is 1.24 bits per heavy atom. The highest BCUT2D eigenvalue weighted by Gasteiger charge is 2.23. The van der Waals surface area contributed by atoms with Crippen LogP contribution < -0.4 is 5.73 Å². The number of hydrogen-bond acceptors (Lipinski definition) is 3. The van der Waals surface area contributed by atoms with E-state index in [0.29, 0.717) is 18.4 Å². The summed E-state index contributed by atoms with van der Waals surface area (Å²) in [5.41, 5.74) is 7.47. The monoisotopic (exact) mass is 622 g/mol. The minimum atomic E-state index is -0.986. The number of halogens is 3. The maximum Gasteiger partial charge on any atom is 0.337 e. The maximum absolute atomic E-state index is 11.9. The van der Waals surface area contributed by atoms with Gasteiger partial charge in [0.25, 0.3) is 0 Å². The van der Waals surface area contributed by atoms with E-state index >= 15 is 0 Å². The van der Waals surface area contributed by atoms with E-state index in [0.717, 1.165) is 9.13 Å². The normalized spacial score (nSPS) is 10.7. The van der Waals surface area contributed by atoms with E-state index in [-0.39, 0.29) is 17.9 Å². The van der Waals surface area contributed by atoms with Gasteiger partial charge in [0.1, 0.15) is 0 Å². The zero-order valence-electron chi connectivity index (χ0n) is 10.4. The van der Waals surface area contributed by atoms with Crippen molar-refractivity contribution < 1.29 is 14.7 Å². The number of aromatic carboxylic acids is 1. The van der Waals surface area contributed by atoms with Gasteiger partial charge < -0.3 is 15.8 Å². The van der Waals surface area contributed by atoms with Crippen LogP contribution in [0.15, 0.2) is 18.3 Å². The van der Waals surface area contributed by atoms with Gasteiger partial charge in [0.05, 0.1) is 17.8 Å². The number of nitrogens with one attached hydrogen (secondary N) is 1. The standard InChI is InChI=1S/C13H9I3N2O3/c14-6-3-7(15)10(13(20)21)11(16)9(6)12-5(1-2-18-12)8(19)4-17/h1-3,18H,4,17H2,(H,20,21). The molecule has 21 heavy (non-hydrogen) atoms. The van der Waals surface area contributed by atoms with E-state index in [2.05, 4.69) is 27.6 Å². The lowest BCUT2D eigenvalue weighted by molar-refractivity contribution is 0.0694. The second-order valence-corrected chi connectivity index (χ2v) is 7.51. The molecule has 110 valence electrons. The molecule has 8 heteroatoms. The van der Waals surface area contributed by atoms with E-state index in [1.807, 2.05) is 45.2 Å². The molecule has 4 N–H and O–H groups in total. The first kappa shape index (κ1) is 17.1. The maximum atomic E-state index is 11.9. The SMILES string of the molecule is NCC(=O)c1cc[nH]c1-c1c(I)cc(I)c(C(=O)O)c1I. The van der Waals surface area contributed by atoms with Gasteiger partial charge in [-0.25, -0.2) is 4.79 Å². The smallest absolute Gasteiger partial charge is 0.337 e. The summed E-state index contributed by atoms with van der Waals surface area (Å²) < 4.78 is 2.14. The Hall–Kier alpha value is -0.210. The molecule has 2 rings (SSSR count). The van der Waals surface area contributed by atoms with E-state index in [4.69, 9.17) is 5.73 Å². The van der Waals surface area contributed by atoms with Crippen LogP contribution in [0.1, 0.15) is 20.7 Å². The van der Waals surface area contributed by atoms with Gasteiger partial charge in [0.15, 0.2) is 5.78 Å². The predicted molar refractivity (Wildman–Crippen MR) is 105 cm³/mol. The largest absolute Gasteiger partial charge is 0.478 e. The average Bonchev–Trinajstić information content (AvgIpc) is 2.85. The van der Waals surface area contributed by atoms with Crippen molar-refractivity contribution >= 4 is 79.5 Å². The third-order valence-corrected chi connectivity index (χ3v) is 5.65. The van der Waals surface area contributed by atoms with Gasteiger partial charge in [-0.15, -0.1) is 0 Å². The molecule has 0 amide bonds. The van der Waals surface area contributed by atoms with Gasteiger partial charge in [0, 0.05) is 28.0 Å². The summed E-state index contributed by atoms with van der Waals surface area (Å²) in [5, 5.41) is 9.37. The van der Waals surface area contributed by atoms with Crippen LogP contribution in [-0.4, -0.2) is 28.4 Å². The predicted octanol–water partition coefficient (Wildman–Crippen LogP) is 3.34. The number of rotatable bonds is 4. The molecule has 0 aliphatic heterocycles. The van der Waals surface area contributed by atoms with Crippen molar-refractivity contribution in [2.24, 2.45) is 5.73 Å². The highest BCUT2D eigenvalue weighted by Crippen LogP contribution is 2.36. The first-order chi connectivity index (χ1) is 9.88. The van der Waals surface area contributed by atoms with Crippen LogP contribution in [0.3, 0.4) is 0 Å². The van der Waals surface area contributed by atoms with Gasteiger partial charge >= 0.3 is 5.97 Å². The average molecular weight is 622 g/mol. The molecular formula is C13H9I3N2O3. The van der Waals surface area contributed by atoms with Gasteiger partial charge in [-0.3, -0.25) is 4.79 Å². The fourth-order valence-electron chi connectivity index (χ4n) is 1.93. The van der Waals surface area contributed by atoms with Crippen molar-refractivity contribution in [3.63, 3.8) is 0 Å². The quantitative estimate of drug-likeness (QED) is 0.361. The molecule has 0 aliphatic rings. The Labute approximate surface area is 161 Å². The van der Waals surface area contributed by atoms with Crippen molar-refractivity contribution in [2.75, 3.05) is 6.54 Å². The molecule has 0 aliphatic carbocycles. The number of carbonyl (C=O) groups excluding carboxylic acids is 1. The second-order valence-electron chi connectivity index (χ2n) is 4.10. The Balaban J connectivity index is 2.76. The fraction of sp³-hybridized carbons (Fsp3) is 0.0769. The Bertz CT molecular complexity index is 741. The van der Waals surface area contributed by atoms with Crippen LogP contribution in [-0.2, 0) is 0 Å². The van der Waals surface area contributed by atoms with Crippen molar-refractivity contribution in [3.05, 3.63) is 40.2 Å². The van der Waals surface area contributed by atoms with E-state index in [1.165, 1.54) is 0 Å². The molecule has 0 spiro atoms. The van der Waals surface area contributed by atoms with Gasteiger partial charge in [-0.1, -0.05) is 0 Å². The molecule has 1 heterocycles. The minimum Gasteiger partial charge on any atom is -0.478 e. The number of H-pyrrole nitrogens is 1. The Morgan fingerprint density at radius 3 is 2.48 bits per heavy atom. The number of aromatic nitrogens is 1. The second kappa shape index (κ2) is 6.91. The van der Waals surface area contributed by atoms with Crippen LogP contribution >= 0.6 is 67.8 Å². The molecule has 0 atom stereocenters. The lowest BCUT2D eigenvalue weighted by Gasteiger charge is -2.12. The first-order valence-corrected chi connectivity index (χ1v) is 8.93. The van der Waals surface area contributed by atoms with Crippen LogP contribution in [0, 0.1) is 10.7 Å². The number of ketones is 1. The lowest BCUT2D eigenvalue weighted by atomic mass is 10.0. The number of hydrogen-bond donors (Lipinski definition) is 3. The van der Waals surface area contributed by atoms with Gasteiger partial charge in [0.2, 0.25) is 0 Å². The molecule has 1 aromatic carbocycles. The molecular weight excluding hydrogens is 613 g/mol. The van der Waals surface area contributed by atoms with E-state index in [1.54, 1.807) is 18.3 Å². The third kappa shape index (κ3) is 3.27. The van der Waals surface area contributed by atoms with Gasteiger partial charge in [-0.2, -0.15) is 0 Å². The third-order valence-electron chi connectivity index (χ3n) is 2.87. The molecule has 1 aromatic heterocycles. The summed E-state index contributed by atoms with van der Waals surface area (Å²) in [6, 6.07) is 3.45. The zero-order valence-corrected chi connectivity index (χ0v) is 16.9. The van der Waals surface area contributed by atoms with Crippen LogP contribution in [0.5, 0.6) is 0 Å². The number of Topliss-reactive ketones (excluding diaryl/α,β-unsaturated/α-hetero) is 1. The van der Waals surface area contributed by atoms with Crippen molar-refractivity contribution in [1.82, 2.24) is 4.98 Å². The molecule has 0 radical (unpaired) electrons. The highest BCUT2D eigenvalue weighted by atomic mass is 127. The summed E-state index contributed by atoms with van der Waals surface area (Å²) in [6.45, 7) is -0.0891. The number of carboxylic acids is 1. The summed E-state index contributed by atoms with van der Waals surface area (Å²) in [5.74, 6) is -1.17. The van der Waals surface area contributed by atoms with Crippen LogP contribution in [0.2, 0.25) is 0 Å². The van der Waals surface area contributed by atoms with Crippen molar-refractivity contribution in [2.45, 2.75) is 0 Å². The molecule has 0 fully saturated rings. The topological polar surface area (TPSA) is 96.2 Å². The molecule has 0 bridgehead atoms. The number of carboxylic acid groups (broad SMARTS) is 1. The van der Waals surface area contributed by atoms with Crippen LogP contribution in [0.25, 0.3) is 11.3 Å². The van der Waals surface area contributed by atoms with E-state index in [9.17, 15) is 14.7 Å². The Kier molecular flexibility index (Phi) is 5.65. The fourth-order valence-corrected chi connectivity index (χ4v) is 6.31. The van der Waals surface area contributed by atoms with Crippen LogP contribution in [0.4, 0.5) is 0 Å². The summed E-state index contributed by atoms with van der Waals surface area (Å²) in [6.07, 6.45) is 1.66. The molecule has 0 saturated heterocycles. The molecule has 0 saturated carbocycles. The molecule has 2 aromatic rings. The van der Waals surface area contributed by atoms with Crippen molar-refractivity contribution in [3.8, 4) is 11.3 Å². The van der Waals surface area contributed by atoms with E-state index < -0.39 is 5.97 Å². The number of carbonyl (C=O) groups is 2. The summed E-state index contributed by atoms with van der Waals surface area (Å²) >= 11 is 6.15. The first-order valence-electron chi connectivity index (χ1n) is 5.70. The van der Waals surface area contributed by atoms with Crippen molar-refractivity contribution in [1.29, 1.82) is 0 Å². The molecule has 5 nitrogen and oxygen atoms in total. The van der Waals surface area contributed by atoms with Gasteiger partial charge in [-0.05, 0) is 79.9 Å². The zero-order chi connectivity index (χ0) is 15.7. The Morgan fingerprint density at radius 2 is 1.90 bits per heavy atom. The number of aromatic amines is 1. The summed E-state index contributed by atoms with van der Waals surface area (Å²) in [7, 11) is 0. The number of benzene rings is 1. The lowest BCUT2D eigenvalue weighted by Crippen LogP contribution is -2.14. The number of nitrogens with two attached hydrogens (primary N) is 1.